The molecule has 0 aromatic heterocycles. The van der Waals surface area contributed by atoms with E-state index in [1.54, 1.807) is 24.3 Å². The number of nitrogens with zero attached hydrogens (tertiary/aromatic N) is 1. The molecule has 3 atom stereocenters. The zero-order valence-corrected chi connectivity index (χ0v) is 14.1. The maximum absolute atomic E-state index is 12.8. The van der Waals surface area contributed by atoms with Gasteiger partial charge in [-0.2, -0.15) is 5.26 Å². The van der Waals surface area contributed by atoms with Crippen molar-refractivity contribution in [2.24, 2.45) is 5.73 Å². The average molecular weight is 367 g/mol. The Kier molecular flexibility index (Phi) is 3.89. The van der Waals surface area contributed by atoms with Crippen molar-refractivity contribution in [1.29, 1.82) is 5.26 Å². The summed E-state index contributed by atoms with van der Waals surface area (Å²) in [6.07, 6.45) is 0. The molecule has 1 aliphatic rings. The van der Waals surface area contributed by atoms with Crippen molar-refractivity contribution < 1.29 is 8.42 Å². The van der Waals surface area contributed by atoms with Crippen LogP contribution in [-0.2, 0) is 9.84 Å². The molecule has 2 aromatic rings. The van der Waals surface area contributed by atoms with Crippen LogP contribution in [0.25, 0.3) is 0 Å². The fourth-order valence-electron chi connectivity index (χ4n) is 2.86. The summed E-state index contributed by atoms with van der Waals surface area (Å²) in [6, 6.07) is 14.5. The Bertz CT molecular complexity index is 906. The SMILES string of the molecule is N#C[C@@]1(N)[C@@H](c2cccc(Cl)c2)[C@@H]1S(=O)(=O)c1ccc(Cl)cc1. The van der Waals surface area contributed by atoms with Gasteiger partial charge in [-0.1, -0.05) is 35.3 Å². The van der Waals surface area contributed by atoms with Crippen LogP contribution in [-0.4, -0.2) is 19.2 Å². The highest BCUT2D eigenvalue weighted by Gasteiger charge is 2.70. The van der Waals surface area contributed by atoms with Gasteiger partial charge in [-0.15, -0.1) is 0 Å². The second-order valence-corrected chi connectivity index (χ2v) is 8.44. The summed E-state index contributed by atoms with van der Waals surface area (Å²) in [5, 5.41) is 9.29. The Morgan fingerprint density at radius 1 is 1.09 bits per heavy atom. The molecule has 0 unspecified atom stereocenters. The molecule has 0 radical (unpaired) electrons. The van der Waals surface area contributed by atoms with Crippen LogP contribution in [0.3, 0.4) is 0 Å². The molecule has 0 saturated heterocycles. The summed E-state index contributed by atoms with van der Waals surface area (Å²) in [7, 11) is -3.76. The summed E-state index contributed by atoms with van der Waals surface area (Å²) < 4.78 is 25.7. The van der Waals surface area contributed by atoms with E-state index in [1.165, 1.54) is 24.3 Å². The number of rotatable bonds is 3. The first kappa shape index (κ1) is 16.3. The van der Waals surface area contributed by atoms with Crippen molar-refractivity contribution in [1.82, 2.24) is 0 Å². The van der Waals surface area contributed by atoms with Crippen molar-refractivity contribution in [3.63, 3.8) is 0 Å². The zero-order chi connectivity index (χ0) is 16.8. The Hall–Kier alpha value is -1.58. The first-order valence-electron chi connectivity index (χ1n) is 6.76. The van der Waals surface area contributed by atoms with E-state index in [4.69, 9.17) is 28.9 Å². The smallest absolute Gasteiger partial charge is 0.184 e. The summed E-state index contributed by atoms with van der Waals surface area (Å²) in [5.74, 6) is -0.619. The minimum atomic E-state index is -3.76. The average Bonchev–Trinajstić information content (AvgIpc) is 3.15. The maximum Gasteiger partial charge on any atom is 0.184 e. The van der Waals surface area contributed by atoms with Gasteiger partial charge in [0.15, 0.2) is 9.84 Å². The number of nitriles is 1. The van der Waals surface area contributed by atoms with Crippen LogP contribution in [0, 0.1) is 11.3 Å². The standard InChI is InChI=1S/C16H12Cl2N2O2S/c17-11-4-6-13(7-5-11)23(21,22)15-14(16(15,20)9-19)10-2-1-3-12(18)8-10/h1-8,14-15H,20H2/t14-,15-,16+/m0/s1. The number of hydrogen-bond acceptors (Lipinski definition) is 4. The molecular weight excluding hydrogens is 355 g/mol. The van der Waals surface area contributed by atoms with E-state index in [2.05, 4.69) is 0 Å². The fourth-order valence-corrected chi connectivity index (χ4v) is 5.37. The summed E-state index contributed by atoms with van der Waals surface area (Å²) in [6.45, 7) is 0. The van der Waals surface area contributed by atoms with Crippen LogP contribution in [0.2, 0.25) is 10.0 Å². The van der Waals surface area contributed by atoms with Gasteiger partial charge in [-0.3, -0.25) is 0 Å². The summed E-state index contributed by atoms with van der Waals surface area (Å²) in [5.41, 5.74) is 5.23. The molecule has 0 aliphatic heterocycles. The number of nitrogens with two attached hydrogens (primary N) is 1. The first-order valence-corrected chi connectivity index (χ1v) is 9.06. The molecule has 2 aromatic carbocycles. The van der Waals surface area contributed by atoms with Gasteiger partial charge in [0.2, 0.25) is 0 Å². The van der Waals surface area contributed by atoms with Crippen LogP contribution < -0.4 is 5.73 Å². The molecule has 118 valence electrons. The quantitative estimate of drug-likeness (QED) is 0.903. The molecule has 4 nitrogen and oxygen atoms in total. The number of hydrogen-bond donors (Lipinski definition) is 1. The monoisotopic (exact) mass is 366 g/mol. The normalized spacial score (nSPS) is 26.5. The molecule has 1 saturated carbocycles. The molecule has 0 spiro atoms. The Morgan fingerprint density at radius 3 is 2.30 bits per heavy atom. The molecule has 2 N–H and O–H groups in total. The van der Waals surface area contributed by atoms with Crippen molar-refractivity contribution in [3.8, 4) is 6.07 Å². The number of sulfone groups is 1. The molecule has 0 heterocycles. The van der Waals surface area contributed by atoms with Gasteiger partial charge in [-0.05, 0) is 42.0 Å². The van der Waals surface area contributed by atoms with Gasteiger partial charge < -0.3 is 5.73 Å². The number of halogens is 2. The third-order valence-electron chi connectivity index (χ3n) is 4.06. The van der Waals surface area contributed by atoms with Gasteiger partial charge >= 0.3 is 0 Å². The van der Waals surface area contributed by atoms with Gasteiger partial charge in [0, 0.05) is 16.0 Å². The maximum atomic E-state index is 12.8. The predicted octanol–water partition coefficient (Wildman–Crippen LogP) is 3.15. The number of benzene rings is 2. The lowest BCUT2D eigenvalue weighted by molar-refractivity contribution is 0.592. The highest BCUT2D eigenvalue weighted by Crippen LogP contribution is 2.55. The summed E-state index contributed by atoms with van der Waals surface area (Å²) >= 11 is 11.8. The predicted molar refractivity (Wildman–Crippen MR) is 89.2 cm³/mol. The lowest BCUT2D eigenvalue weighted by Crippen LogP contribution is -2.29. The zero-order valence-electron chi connectivity index (χ0n) is 11.8. The second-order valence-electron chi connectivity index (χ2n) is 5.50. The van der Waals surface area contributed by atoms with Gasteiger partial charge in [0.1, 0.15) is 10.8 Å². The van der Waals surface area contributed by atoms with E-state index in [-0.39, 0.29) is 4.90 Å². The van der Waals surface area contributed by atoms with Gasteiger partial charge in [-0.25, -0.2) is 8.42 Å². The minimum Gasteiger partial charge on any atom is -0.312 e. The van der Waals surface area contributed by atoms with Crippen molar-refractivity contribution in [2.45, 2.75) is 21.6 Å². The molecule has 7 heteroatoms. The minimum absolute atomic E-state index is 0.0986. The van der Waals surface area contributed by atoms with E-state index in [1.807, 2.05) is 6.07 Å². The Labute approximate surface area is 144 Å². The molecule has 3 rings (SSSR count). The van der Waals surface area contributed by atoms with Crippen LogP contribution in [0.5, 0.6) is 0 Å². The molecule has 1 fully saturated rings. The molecule has 1 aliphatic carbocycles. The van der Waals surface area contributed by atoms with E-state index in [0.717, 1.165) is 0 Å². The molecule has 23 heavy (non-hydrogen) atoms. The van der Waals surface area contributed by atoms with Crippen LogP contribution in [0.4, 0.5) is 0 Å². The van der Waals surface area contributed by atoms with Crippen LogP contribution >= 0.6 is 23.2 Å². The van der Waals surface area contributed by atoms with E-state index < -0.39 is 26.5 Å². The van der Waals surface area contributed by atoms with Crippen LogP contribution in [0.15, 0.2) is 53.4 Å². The van der Waals surface area contributed by atoms with E-state index in [0.29, 0.717) is 15.6 Å². The lowest BCUT2D eigenvalue weighted by Gasteiger charge is -2.04. The van der Waals surface area contributed by atoms with Crippen molar-refractivity contribution in [2.75, 3.05) is 0 Å². The highest BCUT2D eigenvalue weighted by molar-refractivity contribution is 7.92. The van der Waals surface area contributed by atoms with E-state index >= 15 is 0 Å². The Balaban J connectivity index is 2.05. The second kappa shape index (κ2) is 5.50. The lowest BCUT2D eigenvalue weighted by atomic mass is 10.1. The first-order chi connectivity index (χ1) is 10.8. The molecular formula is C16H12Cl2N2O2S. The molecule has 0 amide bonds. The van der Waals surface area contributed by atoms with Gasteiger partial charge in [0.25, 0.3) is 0 Å². The third kappa shape index (κ3) is 2.62. The largest absolute Gasteiger partial charge is 0.312 e. The summed E-state index contributed by atoms with van der Waals surface area (Å²) in [4.78, 5) is 0.0986. The third-order valence-corrected chi connectivity index (χ3v) is 6.80. The topological polar surface area (TPSA) is 83.9 Å². The fraction of sp³-hybridized carbons (Fsp3) is 0.188. The Morgan fingerprint density at radius 2 is 1.74 bits per heavy atom. The highest BCUT2D eigenvalue weighted by atomic mass is 35.5. The van der Waals surface area contributed by atoms with E-state index in [9.17, 15) is 13.7 Å². The van der Waals surface area contributed by atoms with Crippen LogP contribution in [0.1, 0.15) is 11.5 Å². The molecule has 0 bridgehead atoms. The van der Waals surface area contributed by atoms with Gasteiger partial charge in [0.05, 0.1) is 11.0 Å². The van der Waals surface area contributed by atoms with Crippen molar-refractivity contribution >= 4 is 33.0 Å². The van der Waals surface area contributed by atoms with Crippen molar-refractivity contribution in [3.05, 3.63) is 64.1 Å².